The van der Waals surface area contributed by atoms with Crippen molar-refractivity contribution in [2.24, 2.45) is 0 Å². The Labute approximate surface area is 226 Å². The Hall–Kier alpha value is -3.76. The number of benzene rings is 2. The molecule has 1 N–H and O–H groups in total. The molecule has 2 aliphatic heterocycles. The fourth-order valence-electron chi connectivity index (χ4n) is 6.30. The minimum atomic E-state index is -0.317. The van der Waals surface area contributed by atoms with E-state index in [0.29, 0.717) is 5.56 Å². The van der Waals surface area contributed by atoms with Gasteiger partial charge in [-0.1, -0.05) is 31.0 Å². The van der Waals surface area contributed by atoms with Gasteiger partial charge in [-0.2, -0.15) is 0 Å². The maximum atomic E-state index is 13.6. The summed E-state index contributed by atoms with van der Waals surface area (Å²) in [5.41, 5.74) is 3.79. The molecule has 1 unspecified atom stereocenters. The molecular weight excluding hydrogens is 494 g/mol. The Morgan fingerprint density at radius 1 is 1.00 bits per heavy atom. The number of nitrogens with one attached hydrogen (secondary N) is 1. The van der Waals surface area contributed by atoms with E-state index in [1.165, 1.54) is 18.4 Å². The van der Waals surface area contributed by atoms with Crippen LogP contribution in [0.1, 0.15) is 60.3 Å². The number of aromatic nitrogens is 5. The lowest BCUT2D eigenvalue weighted by atomic mass is 10.0. The summed E-state index contributed by atoms with van der Waals surface area (Å²) in [7, 11) is 0. The van der Waals surface area contributed by atoms with E-state index < -0.39 is 0 Å². The van der Waals surface area contributed by atoms with Crippen LogP contribution in [0.3, 0.4) is 0 Å². The molecule has 0 spiro atoms. The van der Waals surface area contributed by atoms with Crippen LogP contribution in [0.15, 0.2) is 47.3 Å². The van der Waals surface area contributed by atoms with Crippen LogP contribution < -0.4 is 15.0 Å². The number of hydrogen-bond acceptors (Lipinski definition) is 8. The number of tetrazole rings is 1. The van der Waals surface area contributed by atoms with E-state index in [1.54, 1.807) is 0 Å². The number of aromatic amines is 1. The smallest absolute Gasteiger partial charge is 0.253 e. The highest BCUT2D eigenvalue weighted by molar-refractivity contribution is 5.79. The average Bonchev–Trinajstić information content (AvgIpc) is 3.72. The lowest BCUT2D eigenvalue weighted by molar-refractivity contribution is 0.0988. The third-order valence-corrected chi connectivity index (χ3v) is 8.37. The number of rotatable bonds is 6. The third kappa shape index (κ3) is 4.68. The number of piperazine rings is 1. The van der Waals surface area contributed by atoms with Crippen LogP contribution in [0, 0.1) is 6.92 Å². The van der Waals surface area contributed by atoms with Gasteiger partial charge in [-0.05, 0) is 71.0 Å². The number of H-pyrrole nitrogens is 1. The zero-order chi connectivity index (χ0) is 26.3. The van der Waals surface area contributed by atoms with Gasteiger partial charge in [0, 0.05) is 43.8 Å². The molecule has 0 radical (unpaired) electrons. The van der Waals surface area contributed by atoms with Crippen molar-refractivity contribution in [3.8, 4) is 11.5 Å². The predicted octanol–water partition coefficient (Wildman–Crippen LogP) is 3.57. The van der Waals surface area contributed by atoms with Crippen molar-refractivity contribution in [1.82, 2.24) is 35.0 Å². The quantitative estimate of drug-likeness (QED) is 0.406. The van der Waals surface area contributed by atoms with Gasteiger partial charge in [-0.3, -0.25) is 14.6 Å². The highest BCUT2D eigenvalue weighted by Crippen LogP contribution is 2.35. The summed E-state index contributed by atoms with van der Waals surface area (Å²) in [6.07, 6.45) is 4.51. The van der Waals surface area contributed by atoms with Gasteiger partial charge in [0.15, 0.2) is 17.3 Å². The maximum absolute atomic E-state index is 13.6. The van der Waals surface area contributed by atoms with Crippen LogP contribution in [0.4, 0.5) is 0 Å². The van der Waals surface area contributed by atoms with E-state index in [1.807, 2.05) is 29.8 Å². The minimum absolute atomic E-state index is 0.0816. The Morgan fingerprint density at radius 2 is 1.82 bits per heavy atom. The standard InChI is InChI=1S/C29H33N7O3/c1-19-6-8-21-16-23(29(37)30-24(21)14-19)27(28-31-32-33-36(28)22-4-2-3-5-22)35-12-10-34(11-13-35)17-20-7-9-25-26(15-20)39-18-38-25/h6-9,14-16,22,27H,2-5,10-13,17-18H2,1H3,(H,30,37). The van der Waals surface area contributed by atoms with Gasteiger partial charge >= 0.3 is 0 Å². The van der Waals surface area contributed by atoms with Gasteiger partial charge < -0.3 is 14.5 Å². The van der Waals surface area contributed by atoms with Gasteiger partial charge in [-0.15, -0.1) is 5.10 Å². The van der Waals surface area contributed by atoms with Crippen LogP contribution in [0.2, 0.25) is 0 Å². The molecule has 2 aromatic carbocycles. The van der Waals surface area contributed by atoms with Gasteiger partial charge in [0.1, 0.15) is 6.04 Å². The number of fused-ring (bicyclic) bond motifs is 2. The second-order valence-electron chi connectivity index (χ2n) is 11.0. The fourth-order valence-corrected chi connectivity index (χ4v) is 6.30. The van der Waals surface area contributed by atoms with Crippen molar-refractivity contribution in [3.63, 3.8) is 0 Å². The maximum Gasteiger partial charge on any atom is 0.253 e. The van der Waals surface area contributed by atoms with Gasteiger partial charge in [0.25, 0.3) is 5.56 Å². The molecule has 2 fully saturated rings. The van der Waals surface area contributed by atoms with Crippen molar-refractivity contribution >= 4 is 10.9 Å². The van der Waals surface area contributed by atoms with Gasteiger partial charge in [-0.25, -0.2) is 4.68 Å². The first-order valence-electron chi connectivity index (χ1n) is 13.9. The second-order valence-corrected chi connectivity index (χ2v) is 11.0. The van der Waals surface area contributed by atoms with Crippen molar-refractivity contribution < 1.29 is 9.47 Å². The largest absolute Gasteiger partial charge is 0.454 e. The number of hydrogen-bond donors (Lipinski definition) is 1. The number of pyridine rings is 1. The molecule has 4 heterocycles. The van der Waals surface area contributed by atoms with Crippen molar-refractivity contribution in [1.29, 1.82) is 0 Å². The molecule has 202 valence electrons. The van der Waals surface area contributed by atoms with Crippen molar-refractivity contribution in [3.05, 3.63) is 75.3 Å². The lowest BCUT2D eigenvalue weighted by Crippen LogP contribution is -2.48. The number of aryl methyl sites for hydroxylation is 1. The Balaban J connectivity index is 1.19. The summed E-state index contributed by atoms with van der Waals surface area (Å²) in [5.74, 6) is 2.39. The predicted molar refractivity (Wildman–Crippen MR) is 146 cm³/mol. The molecule has 1 saturated carbocycles. The first-order chi connectivity index (χ1) is 19.1. The molecule has 4 aromatic rings. The molecule has 1 atom stereocenters. The molecule has 39 heavy (non-hydrogen) atoms. The van der Waals surface area contributed by atoms with E-state index >= 15 is 0 Å². The van der Waals surface area contributed by atoms with Crippen LogP contribution >= 0.6 is 0 Å². The lowest BCUT2D eigenvalue weighted by Gasteiger charge is -2.39. The summed E-state index contributed by atoms with van der Waals surface area (Å²) < 4.78 is 13.0. The topological polar surface area (TPSA) is 101 Å². The summed E-state index contributed by atoms with van der Waals surface area (Å²) in [6.45, 7) is 6.52. The van der Waals surface area contributed by atoms with E-state index in [9.17, 15) is 4.79 Å². The number of nitrogens with zero attached hydrogens (tertiary/aromatic N) is 6. The van der Waals surface area contributed by atoms with Crippen molar-refractivity contribution in [2.45, 2.75) is 51.2 Å². The van der Waals surface area contributed by atoms with E-state index in [0.717, 1.165) is 79.4 Å². The Morgan fingerprint density at radius 3 is 2.67 bits per heavy atom. The molecule has 10 heteroatoms. The molecule has 3 aliphatic rings. The number of ether oxygens (including phenoxy) is 2. The van der Waals surface area contributed by atoms with E-state index in [4.69, 9.17) is 9.47 Å². The highest BCUT2D eigenvalue weighted by atomic mass is 16.7. The summed E-state index contributed by atoms with van der Waals surface area (Å²) in [4.78, 5) is 21.5. The van der Waals surface area contributed by atoms with Crippen LogP contribution in [-0.2, 0) is 6.54 Å². The van der Waals surface area contributed by atoms with Gasteiger partial charge in [0.2, 0.25) is 6.79 Å². The zero-order valence-electron chi connectivity index (χ0n) is 22.2. The monoisotopic (exact) mass is 527 g/mol. The second kappa shape index (κ2) is 10.1. The molecule has 0 amide bonds. The highest BCUT2D eigenvalue weighted by Gasteiger charge is 2.34. The average molecular weight is 528 g/mol. The van der Waals surface area contributed by atoms with E-state index in [2.05, 4.69) is 54.6 Å². The normalized spacial score (nSPS) is 19.2. The zero-order valence-corrected chi connectivity index (χ0v) is 22.2. The minimum Gasteiger partial charge on any atom is -0.454 e. The first-order valence-corrected chi connectivity index (χ1v) is 13.9. The summed E-state index contributed by atoms with van der Waals surface area (Å²) >= 11 is 0. The molecular formula is C29H33N7O3. The molecule has 0 bridgehead atoms. The Kier molecular flexibility index (Phi) is 6.28. The molecule has 10 nitrogen and oxygen atoms in total. The van der Waals surface area contributed by atoms with Crippen molar-refractivity contribution in [2.75, 3.05) is 33.0 Å². The van der Waals surface area contributed by atoms with Crippen LogP contribution in [-0.4, -0.2) is 68.0 Å². The van der Waals surface area contributed by atoms with Gasteiger partial charge in [0.05, 0.1) is 6.04 Å². The fraction of sp³-hybridized carbons (Fsp3) is 0.448. The molecule has 7 rings (SSSR count). The molecule has 1 aliphatic carbocycles. The van der Waals surface area contributed by atoms with Crippen LogP contribution in [0.25, 0.3) is 10.9 Å². The molecule has 1 saturated heterocycles. The summed E-state index contributed by atoms with van der Waals surface area (Å²) in [6, 6.07) is 14.3. The Bertz CT molecular complexity index is 1550. The first kappa shape index (κ1) is 24.3. The van der Waals surface area contributed by atoms with E-state index in [-0.39, 0.29) is 24.4 Å². The SMILES string of the molecule is Cc1ccc2cc(C(c3nnnn3C3CCCC3)N3CCN(Cc4ccc5c(c4)OCO5)CC3)c(=O)[nH]c2c1. The molecule has 2 aromatic heterocycles. The van der Waals surface area contributed by atoms with Crippen LogP contribution in [0.5, 0.6) is 11.5 Å². The third-order valence-electron chi connectivity index (χ3n) is 8.37. The summed E-state index contributed by atoms with van der Waals surface area (Å²) in [5, 5.41) is 14.1.